The summed E-state index contributed by atoms with van der Waals surface area (Å²) in [6, 6.07) is 0. The number of rotatable bonds is 10. The molecule has 1 N–H and O–H groups in total. The number of tetrazole rings is 1. The van der Waals surface area contributed by atoms with Crippen molar-refractivity contribution in [3.8, 4) is 0 Å². The molecule has 0 spiro atoms. The predicted molar refractivity (Wildman–Crippen MR) is 76.4 cm³/mol. The molecule has 0 aliphatic carbocycles. The standard InChI is InChI=1S/C14H26N4O2/c1-4-7-8-12(6-3)14-15-16-17-18(14)10-11(5-2)9-13(19)20/h11-12H,4-10H2,1-3H3,(H,19,20). The molecule has 0 amide bonds. The van der Waals surface area contributed by atoms with Crippen molar-refractivity contribution in [1.29, 1.82) is 0 Å². The van der Waals surface area contributed by atoms with Crippen LogP contribution in [-0.4, -0.2) is 31.3 Å². The first-order valence-electron chi connectivity index (χ1n) is 7.60. The third-order valence-corrected chi connectivity index (χ3v) is 3.80. The highest BCUT2D eigenvalue weighted by molar-refractivity contribution is 5.66. The molecular weight excluding hydrogens is 256 g/mol. The Hall–Kier alpha value is -1.46. The first-order chi connectivity index (χ1) is 9.62. The van der Waals surface area contributed by atoms with Crippen LogP contribution in [0, 0.1) is 5.92 Å². The molecular formula is C14H26N4O2. The summed E-state index contributed by atoms with van der Waals surface area (Å²) >= 11 is 0. The van der Waals surface area contributed by atoms with Crippen molar-refractivity contribution in [2.24, 2.45) is 5.92 Å². The molecule has 1 aromatic heterocycles. The van der Waals surface area contributed by atoms with Gasteiger partial charge in [0.1, 0.15) is 0 Å². The minimum Gasteiger partial charge on any atom is -0.481 e. The lowest BCUT2D eigenvalue weighted by molar-refractivity contribution is -0.138. The number of unbranched alkanes of at least 4 members (excludes halogenated alkanes) is 1. The van der Waals surface area contributed by atoms with E-state index in [0.717, 1.165) is 37.9 Å². The Bertz CT molecular complexity index is 406. The van der Waals surface area contributed by atoms with Crippen LogP contribution in [0.25, 0.3) is 0 Å². The summed E-state index contributed by atoms with van der Waals surface area (Å²) < 4.78 is 1.81. The summed E-state index contributed by atoms with van der Waals surface area (Å²) in [6.45, 7) is 6.92. The molecule has 6 heteroatoms. The molecule has 0 aromatic carbocycles. The van der Waals surface area contributed by atoms with E-state index >= 15 is 0 Å². The number of carboxylic acid groups (broad SMARTS) is 1. The third-order valence-electron chi connectivity index (χ3n) is 3.80. The number of nitrogens with zero attached hydrogens (tertiary/aromatic N) is 4. The lowest BCUT2D eigenvalue weighted by atomic mass is 9.97. The molecule has 2 unspecified atom stereocenters. The molecule has 1 heterocycles. The van der Waals surface area contributed by atoms with Crippen molar-refractivity contribution >= 4 is 5.97 Å². The molecule has 0 saturated carbocycles. The quantitative estimate of drug-likeness (QED) is 0.713. The van der Waals surface area contributed by atoms with Crippen molar-refractivity contribution in [3.05, 3.63) is 5.82 Å². The predicted octanol–water partition coefficient (Wildman–Crippen LogP) is 2.86. The minimum absolute atomic E-state index is 0.0819. The monoisotopic (exact) mass is 282 g/mol. The maximum Gasteiger partial charge on any atom is 0.303 e. The maximum absolute atomic E-state index is 10.9. The van der Waals surface area contributed by atoms with E-state index in [1.807, 2.05) is 6.92 Å². The van der Waals surface area contributed by atoms with Crippen LogP contribution >= 0.6 is 0 Å². The van der Waals surface area contributed by atoms with Gasteiger partial charge in [0, 0.05) is 18.9 Å². The van der Waals surface area contributed by atoms with Gasteiger partial charge in [0.2, 0.25) is 0 Å². The van der Waals surface area contributed by atoms with Crippen LogP contribution in [0.3, 0.4) is 0 Å². The fourth-order valence-corrected chi connectivity index (χ4v) is 2.43. The molecule has 6 nitrogen and oxygen atoms in total. The Kier molecular flexibility index (Phi) is 7.18. The third kappa shape index (κ3) is 4.90. The average molecular weight is 282 g/mol. The number of carboxylic acids is 1. The Morgan fingerprint density at radius 2 is 2.05 bits per heavy atom. The average Bonchev–Trinajstić information content (AvgIpc) is 2.86. The van der Waals surface area contributed by atoms with Crippen LogP contribution in [0.2, 0.25) is 0 Å². The van der Waals surface area contributed by atoms with E-state index in [-0.39, 0.29) is 12.3 Å². The van der Waals surface area contributed by atoms with Gasteiger partial charge in [-0.2, -0.15) is 0 Å². The van der Waals surface area contributed by atoms with Crippen LogP contribution in [0.4, 0.5) is 0 Å². The highest BCUT2D eigenvalue weighted by atomic mass is 16.4. The zero-order valence-corrected chi connectivity index (χ0v) is 12.7. The van der Waals surface area contributed by atoms with Gasteiger partial charge in [-0.1, -0.05) is 40.0 Å². The molecule has 0 aliphatic heterocycles. The lowest BCUT2D eigenvalue weighted by Crippen LogP contribution is -2.18. The van der Waals surface area contributed by atoms with Gasteiger partial charge in [-0.05, 0) is 29.2 Å². The van der Waals surface area contributed by atoms with Crippen molar-refractivity contribution in [2.75, 3.05) is 0 Å². The molecule has 2 atom stereocenters. The van der Waals surface area contributed by atoms with Gasteiger partial charge >= 0.3 is 5.97 Å². The number of aliphatic carboxylic acids is 1. The van der Waals surface area contributed by atoms with Crippen LogP contribution in [0.1, 0.15) is 71.0 Å². The SMILES string of the molecule is CCCCC(CC)c1nnnn1CC(CC)CC(=O)O. The van der Waals surface area contributed by atoms with E-state index in [2.05, 4.69) is 29.4 Å². The van der Waals surface area contributed by atoms with Gasteiger partial charge in [0.15, 0.2) is 5.82 Å². The molecule has 20 heavy (non-hydrogen) atoms. The highest BCUT2D eigenvalue weighted by Crippen LogP contribution is 2.24. The molecule has 1 aromatic rings. The van der Waals surface area contributed by atoms with Gasteiger partial charge in [-0.15, -0.1) is 5.10 Å². The largest absolute Gasteiger partial charge is 0.481 e. The molecule has 1 rings (SSSR count). The molecule has 0 fully saturated rings. The summed E-state index contributed by atoms with van der Waals surface area (Å²) in [4.78, 5) is 10.9. The second-order valence-electron chi connectivity index (χ2n) is 5.34. The van der Waals surface area contributed by atoms with Crippen LogP contribution < -0.4 is 0 Å². The van der Waals surface area contributed by atoms with Gasteiger partial charge in [0.05, 0.1) is 0 Å². The number of aromatic nitrogens is 4. The van der Waals surface area contributed by atoms with Crippen molar-refractivity contribution in [2.45, 2.75) is 71.8 Å². The fraction of sp³-hybridized carbons (Fsp3) is 0.857. The van der Waals surface area contributed by atoms with Gasteiger partial charge in [0.25, 0.3) is 0 Å². The Labute approximate surface area is 120 Å². The summed E-state index contributed by atoms with van der Waals surface area (Å²) in [7, 11) is 0. The first-order valence-corrected chi connectivity index (χ1v) is 7.60. The van der Waals surface area contributed by atoms with Crippen LogP contribution in [0.5, 0.6) is 0 Å². The first kappa shape index (κ1) is 16.6. The summed E-state index contributed by atoms with van der Waals surface area (Å²) in [5.74, 6) is 0.597. The summed E-state index contributed by atoms with van der Waals surface area (Å²) in [6.07, 6.45) is 5.41. The Morgan fingerprint density at radius 3 is 2.60 bits per heavy atom. The van der Waals surface area contributed by atoms with Crippen LogP contribution in [0.15, 0.2) is 0 Å². The van der Waals surface area contributed by atoms with E-state index in [1.54, 1.807) is 4.68 Å². The topological polar surface area (TPSA) is 80.9 Å². The van der Waals surface area contributed by atoms with Gasteiger partial charge in [-0.25, -0.2) is 4.68 Å². The maximum atomic E-state index is 10.9. The smallest absolute Gasteiger partial charge is 0.303 e. The van der Waals surface area contributed by atoms with E-state index in [1.165, 1.54) is 0 Å². The van der Waals surface area contributed by atoms with Crippen molar-refractivity contribution in [3.63, 3.8) is 0 Å². The second kappa shape index (κ2) is 8.66. The number of hydrogen-bond donors (Lipinski definition) is 1. The number of hydrogen-bond acceptors (Lipinski definition) is 4. The molecule has 0 bridgehead atoms. The molecule has 0 saturated heterocycles. The Balaban J connectivity index is 2.75. The fourth-order valence-electron chi connectivity index (χ4n) is 2.43. The minimum atomic E-state index is -0.760. The van der Waals surface area contributed by atoms with E-state index in [4.69, 9.17) is 5.11 Å². The summed E-state index contributed by atoms with van der Waals surface area (Å²) in [5, 5.41) is 20.9. The Morgan fingerprint density at radius 1 is 1.30 bits per heavy atom. The van der Waals surface area contributed by atoms with Crippen molar-refractivity contribution in [1.82, 2.24) is 20.2 Å². The van der Waals surface area contributed by atoms with Gasteiger partial charge in [-0.3, -0.25) is 4.79 Å². The number of carbonyl (C=O) groups is 1. The van der Waals surface area contributed by atoms with Gasteiger partial charge < -0.3 is 5.11 Å². The lowest BCUT2D eigenvalue weighted by Gasteiger charge is -2.17. The highest BCUT2D eigenvalue weighted by Gasteiger charge is 2.20. The van der Waals surface area contributed by atoms with Crippen molar-refractivity contribution < 1.29 is 9.90 Å². The van der Waals surface area contributed by atoms with E-state index < -0.39 is 5.97 Å². The van der Waals surface area contributed by atoms with E-state index in [0.29, 0.717) is 12.5 Å². The summed E-state index contributed by atoms with van der Waals surface area (Å²) in [5.41, 5.74) is 0. The normalized spacial score (nSPS) is 14.2. The zero-order chi connectivity index (χ0) is 15.0. The molecule has 0 radical (unpaired) electrons. The zero-order valence-electron chi connectivity index (χ0n) is 12.7. The van der Waals surface area contributed by atoms with Crippen LogP contribution in [-0.2, 0) is 11.3 Å². The van der Waals surface area contributed by atoms with E-state index in [9.17, 15) is 4.79 Å². The molecule has 0 aliphatic rings. The molecule has 114 valence electrons. The second-order valence-corrected chi connectivity index (χ2v) is 5.34.